The average Bonchev–Trinajstić information content (AvgIpc) is 2.71. The maximum atomic E-state index is 11.2. The lowest BCUT2D eigenvalue weighted by Crippen LogP contribution is -2.58. The first-order chi connectivity index (χ1) is 12.6. The Morgan fingerprint density at radius 3 is 2.85 bits per heavy atom. The van der Waals surface area contributed by atoms with Gasteiger partial charge in [-0.25, -0.2) is 0 Å². The van der Waals surface area contributed by atoms with E-state index in [-0.39, 0.29) is 18.6 Å². The first-order valence-corrected chi connectivity index (χ1v) is 9.26. The highest BCUT2D eigenvalue weighted by Crippen LogP contribution is 2.42. The fourth-order valence-corrected chi connectivity index (χ4v) is 4.75. The van der Waals surface area contributed by atoms with Crippen molar-refractivity contribution in [3.8, 4) is 5.75 Å². The van der Waals surface area contributed by atoms with Gasteiger partial charge >= 0.3 is 0 Å². The molecule has 4 heterocycles. The Labute approximate surface area is 153 Å². The van der Waals surface area contributed by atoms with Gasteiger partial charge in [0.2, 0.25) is 0 Å². The third-order valence-corrected chi connectivity index (χ3v) is 6.20. The molecule has 3 saturated heterocycles. The summed E-state index contributed by atoms with van der Waals surface area (Å²) in [6, 6.07) is 7.61. The number of fused-ring (bicyclic) bond motifs is 4. The van der Waals surface area contributed by atoms with Crippen molar-refractivity contribution in [2.75, 3.05) is 26.8 Å². The lowest BCUT2D eigenvalue weighted by Gasteiger charge is -2.52. The van der Waals surface area contributed by atoms with Crippen LogP contribution in [-0.4, -0.2) is 64.2 Å². The van der Waals surface area contributed by atoms with E-state index in [2.05, 4.69) is 9.88 Å². The number of benzene rings is 1. The van der Waals surface area contributed by atoms with E-state index in [1.165, 1.54) is 0 Å². The molecule has 6 atom stereocenters. The molecule has 2 bridgehead atoms. The third-order valence-electron chi connectivity index (χ3n) is 6.20. The van der Waals surface area contributed by atoms with Crippen molar-refractivity contribution in [3.05, 3.63) is 36.0 Å². The van der Waals surface area contributed by atoms with Gasteiger partial charge in [0.05, 0.1) is 31.4 Å². The molecule has 0 spiro atoms. The van der Waals surface area contributed by atoms with Crippen LogP contribution in [0.25, 0.3) is 10.9 Å². The van der Waals surface area contributed by atoms with Gasteiger partial charge in [0, 0.05) is 30.1 Å². The SMILES string of the molecule is COc1ccc2nccc([C@@H](O)[C@@H]3C[C@@H]4CCN3C[C@@H]4[C@@H](O)CO)c2c1. The van der Waals surface area contributed by atoms with Crippen LogP contribution < -0.4 is 4.74 Å². The summed E-state index contributed by atoms with van der Waals surface area (Å²) in [5.41, 5.74) is 1.71. The molecule has 3 aliphatic heterocycles. The van der Waals surface area contributed by atoms with Crippen LogP contribution in [0.15, 0.2) is 30.5 Å². The van der Waals surface area contributed by atoms with Crippen LogP contribution in [0.4, 0.5) is 0 Å². The maximum absolute atomic E-state index is 11.2. The second kappa shape index (κ2) is 7.12. The van der Waals surface area contributed by atoms with Crippen molar-refractivity contribution in [1.82, 2.24) is 9.88 Å². The normalized spacial score (nSPS) is 30.3. The molecule has 1 aromatic heterocycles. The topological polar surface area (TPSA) is 86.1 Å². The van der Waals surface area contributed by atoms with Gasteiger partial charge in [-0.05, 0) is 55.1 Å². The van der Waals surface area contributed by atoms with Gasteiger partial charge in [-0.15, -0.1) is 0 Å². The highest BCUT2D eigenvalue weighted by atomic mass is 16.5. The number of piperidine rings is 3. The molecule has 26 heavy (non-hydrogen) atoms. The zero-order valence-corrected chi connectivity index (χ0v) is 15.0. The number of aliphatic hydroxyl groups is 3. The van der Waals surface area contributed by atoms with Crippen molar-refractivity contribution >= 4 is 10.9 Å². The summed E-state index contributed by atoms with van der Waals surface area (Å²) in [6.07, 6.45) is 2.28. The van der Waals surface area contributed by atoms with Gasteiger partial charge in [0.1, 0.15) is 5.75 Å². The van der Waals surface area contributed by atoms with Crippen LogP contribution in [0.5, 0.6) is 5.75 Å². The Morgan fingerprint density at radius 1 is 1.31 bits per heavy atom. The van der Waals surface area contributed by atoms with E-state index in [0.717, 1.165) is 48.1 Å². The minimum absolute atomic E-state index is 0.0210. The van der Waals surface area contributed by atoms with E-state index >= 15 is 0 Å². The molecule has 1 aromatic carbocycles. The summed E-state index contributed by atoms with van der Waals surface area (Å²) in [6.45, 7) is 1.45. The van der Waals surface area contributed by atoms with Gasteiger partial charge in [0.15, 0.2) is 0 Å². The number of hydrogen-bond donors (Lipinski definition) is 3. The number of aliphatic hydroxyl groups excluding tert-OH is 3. The zero-order valence-electron chi connectivity index (χ0n) is 15.0. The second-order valence-electron chi connectivity index (χ2n) is 7.49. The van der Waals surface area contributed by atoms with Crippen LogP contribution in [0, 0.1) is 11.8 Å². The molecule has 6 heteroatoms. The number of aromatic nitrogens is 1. The van der Waals surface area contributed by atoms with Crippen molar-refractivity contribution in [1.29, 1.82) is 0 Å². The average molecular weight is 358 g/mol. The molecule has 6 nitrogen and oxygen atoms in total. The molecule has 5 rings (SSSR count). The van der Waals surface area contributed by atoms with Gasteiger partial charge < -0.3 is 20.1 Å². The third kappa shape index (κ3) is 2.97. The van der Waals surface area contributed by atoms with E-state index in [1.807, 2.05) is 24.3 Å². The number of ether oxygens (including phenoxy) is 1. The van der Waals surface area contributed by atoms with Crippen molar-refractivity contribution < 1.29 is 20.1 Å². The molecule has 0 aliphatic carbocycles. The van der Waals surface area contributed by atoms with E-state index in [9.17, 15) is 15.3 Å². The summed E-state index contributed by atoms with van der Waals surface area (Å²) in [5.74, 6) is 1.17. The first kappa shape index (κ1) is 17.7. The molecule has 0 radical (unpaired) electrons. The minimum atomic E-state index is -0.674. The molecular weight excluding hydrogens is 332 g/mol. The molecule has 2 aromatic rings. The first-order valence-electron chi connectivity index (χ1n) is 9.26. The molecule has 3 fully saturated rings. The molecule has 3 N–H and O–H groups in total. The Balaban J connectivity index is 1.63. The van der Waals surface area contributed by atoms with E-state index < -0.39 is 12.2 Å². The van der Waals surface area contributed by atoms with Gasteiger partial charge in [0.25, 0.3) is 0 Å². The summed E-state index contributed by atoms with van der Waals surface area (Å²) in [4.78, 5) is 6.66. The number of rotatable bonds is 5. The molecule has 1 unspecified atom stereocenters. The number of pyridine rings is 1. The quantitative estimate of drug-likeness (QED) is 0.748. The monoisotopic (exact) mass is 358 g/mol. The molecule has 3 aliphatic rings. The number of hydrogen-bond acceptors (Lipinski definition) is 6. The molecule has 140 valence electrons. The lowest BCUT2D eigenvalue weighted by molar-refractivity contribution is -0.0970. The lowest BCUT2D eigenvalue weighted by atomic mass is 9.71. The Bertz CT molecular complexity index is 783. The Kier molecular flexibility index (Phi) is 4.84. The van der Waals surface area contributed by atoms with Crippen LogP contribution in [0.2, 0.25) is 0 Å². The van der Waals surface area contributed by atoms with E-state index in [0.29, 0.717) is 5.92 Å². The standard InChI is InChI=1S/C20H26N2O4/c1-26-13-2-3-17-15(9-13)14(4-6-21-17)20(25)18-8-12-5-7-22(18)10-16(12)19(24)11-23/h2-4,6,9,12,16,18-20,23-25H,5,7-8,10-11H2,1H3/t12-,16-,18-,19-,20+/m0/s1. The predicted octanol–water partition coefficient (Wildman–Crippen LogP) is 1.34. The van der Waals surface area contributed by atoms with Gasteiger partial charge in [-0.2, -0.15) is 0 Å². The highest BCUT2D eigenvalue weighted by Gasteiger charge is 2.45. The van der Waals surface area contributed by atoms with Crippen molar-refractivity contribution in [3.63, 3.8) is 0 Å². The molecule has 0 amide bonds. The number of nitrogens with zero attached hydrogens (tertiary/aromatic N) is 2. The Hall–Kier alpha value is -1.73. The van der Waals surface area contributed by atoms with E-state index in [4.69, 9.17) is 4.74 Å². The van der Waals surface area contributed by atoms with Crippen LogP contribution >= 0.6 is 0 Å². The van der Waals surface area contributed by atoms with Crippen LogP contribution in [-0.2, 0) is 0 Å². The maximum Gasteiger partial charge on any atom is 0.119 e. The molecule has 0 saturated carbocycles. The summed E-state index contributed by atoms with van der Waals surface area (Å²) >= 11 is 0. The fourth-order valence-electron chi connectivity index (χ4n) is 4.75. The van der Waals surface area contributed by atoms with Crippen molar-refractivity contribution in [2.45, 2.75) is 31.1 Å². The Morgan fingerprint density at radius 2 is 2.15 bits per heavy atom. The minimum Gasteiger partial charge on any atom is -0.497 e. The summed E-state index contributed by atoms with van der Waals surface area (Å²) in [7, 11) is 1.63. The zero-order chi connectivity index (χ0) is 18.3. The predicted molar refractivity (Wildman–Crippen MR) is 97.9 cm³/mol. The van der Waals surface area contributed by atoms with Gasteiger partial charge in [-0.3, -0.25) is 9.88 Å². The van der Waals surface area contributed by atoms with Crippen LogP contribution in [0.3, 0.4) is 0 Å². The fraction of sp³-hybridized carbons (Fsp3) is 0.550. The highest BCUT2D eigenvalue weighted by molar-refractivity contribution is 5.83. The van der Waals surface area contributed by atoms with Gasteiger partial charge in [-0.1, -0.05) is 0 Å². The summed E-state index contributed by atoms with van der Waals surface area (Å²) < 4.78 is 5.33. The molecular formula is C20H26N2O4. The second-order valence-corrected chi connectivity index (χ2v) is 7.49. The summed E-state index contributed by atoms with van der Waals surface area (Å²) in [5, 5.41) is 31.5. The van der Waals surface area contributed by atoms with Crippen molar-refractivity contribution in [2.24, 2.45) is 11.8 Å². The number of methoxy groups -OCH3 is 1. The van der Waals surface area contributed by atoms with Crippen LogP contribution in [0.1, 0.15) is 24.5 Å². The van der Waals surface area contributed by atoms with E-state index in [1.54, 1.807) is 13.3 Å². The largest absolute Gasteiger partial charge is 0.497 e. The smallest absolute Gasteiger partial charge is 0.119 e.